The van der Waals surface area contributed by atoms with E-state index >= 15 is 0 Å². The predicted molar refractivity (Wildman–Crippen MR) is 135 cm³/mol. The molecule has 0 spiro atoms. The number of anilines is 3. The Morgan fingerprint density at radius 1 is 1.03 bits per heavy atom. The largest absolute Gasteiger partial charge is 0.384 e. The van der Waals surface area contributed by atoms with E-state index in [0.717, 1.165) is 59.1 Å². The SMILES string of the molecule is COCCc1nc2ccc(-c3cc(Nc4ccc(Cl)cc4)nc(N4CCOCC4)n3)cc2n1C. The lowest BCUT2D eigenvalue weighted by molar-refractivity contribution is 0.122. The predicted octanol–water partition coefficient (Wildman–Crippen LogP) is 4.45. The normalized spacial score (nSPS) is 14.0. The van der Waals surface area contributed by atoms with Crippen molar-refractivity contribution in [2.24, 2.45) is 7.05 Å². The first kappa shape index (κ1) is 22.6. The molecule has 0 atom stereocenters. The van der Waals surface area contributed by atoms with E-state index in [1.807, 2.05) is 43.4 Å². The molecule has 2 aromatic heterocycles. The Morgan fingerprint density at radius 2 is 1.82 bits per heavy atom. The molecule has 3 heterocycles. The Labute approximate surface area is 203 Å². The second kappa shape index (κ2) is 9.97. The first-order valence-electron chi connectivity index (χ1n) is 11.3. The maximum atomic E-state index is 6.05. The Balaban J connectivity index is 1.54. The number of morpholine rings is 1. The molecule has 5 rings (SSSR count). The van der Waals surface area contributed by atoms with Crippen LogP contribution < -0.4 is 10.2 Å². The van der Waals surface area contributed by atoms with E-state index in [9.17, 15) is 0 Å². The number of imidazole rings is 1. The molecule has 0 unspecified atom stereocenters. The summed E-state index contributed by atoms with van der Waals surface area (Å²) >= 11 is 6.05. The lowest BCUT2D eigenvalue weighted by Crippen LogP contribution is -2.37. The molecule has 0 aliphatic carbocycles. The van der Waals surface area contributed by atoms with Crippen LogP contribution in [-0.4, -0.2) is 59.5 Å². The lowest BCUT2D eigenvalue weighted by atomic mass is 10.1. The molecule has 2 aromatic carbocycles. The molecule has 0 bridgehead atoms. The fourth-order valence-corrected chi connectivity index (χ4v) is 4.17. The number of aromatic nitrogens is 4. The van der Waals surface area contributed by atoms with Gasteiger partial charge in [-0.2, -0.15) is 4.98 Å². The molecule has 0 radical (unpaired) electrons. The van der Waals surface area contributed by atoms with Gasteiger partial charge in [-0.25, -0.2) is 9.97 Å². The van der Waals surface area contributed by atoms with Crippen LogP contribution in [0.4, 0.5) is 17.5 Å². The molecule has 1 aliphatic heterocycles. The van der Waals surface area contributed by atoms with Gasteiger partial charge in [-0.1, -0.05) is 17.7 Å². The molecule has 4 aromatic rings. The molecule has 1 aliphatic rings. The van der Waals surface area contributed by atoms with E-state index in [2.05, 4.69) is 26.9 Å². The van der Waals surface area contributed by atoms with Crippen LogP contribution in [0.25, 0.3) is 22.3 Å². The molecular weight excluding hydrogens is 452 g/mol. The highest BCUT2D eigenvalue weighted by molar-refractivity contribution is 6.30. The summed E-state index contributed by atoms with van der Waals surface area (Å²) < 4.78 is 12.9. The van der Waals surface area contributed by atoms with Gasteiger partial charge in [0.1, 0.15) is 11.6 Å². The summed E-state index contributed by atoms with van der Waals surface area (Å²) in [6, 6.07) is 15.8. The second-order valence-corrected chi connectivity index (χ2v) is 8.64. The molecule has 1 fully saturated rings. The number of aryl methyl sites for hydroxylation is 1. The minimum atomic E-state index is 0.637. The van der Waals surface area contributed by atoms with Crippen molar-refractivity contribution in [1.29, 1.82) is 0 Å². The molecule has 9 heteroatoms. The van der Waals surface area contributed by atoms with Crippen molar-refractivity contribution >= 4 is 40.1 Å². The van der Waals surface area contributed by atoms with Crippen molar-refractivity contribution in [3.05, 3.63) is 59.4 Å². The van der Waals surface area contributed by atoms with Crippen LogP contribution in [0.5, 0.6) is 0 Å². The average molecular weight is 479 g/mol. The zero-order valence-corrected chi connectivity index (χ0v) is 20.0. The zero-order chi connectivity index (χ0) is 23.5. The van der Waals surface area contributed by atoms with Crippen LogP contribution in [0, 0.1) is 0 Å². The molecule has 34 heavy (non-hydrogen) atoms. The Morgan fingerprint density at radius 3 is 2.59 bits per heavy atom. The van der Waals surface area contributed by atoms with Gasteiger partial charge in [0.25, 0.3) is 0 Å². The highest BCUT2D eigenvalue weighted by Gasteiger charge is 2.17. The molecule has 0 saturated carbocycles. The number of methoxy groups -OCH3 is 1. The van der Waals surface area contributed by atoms with Gasteiger partial charge in [-0.3, -0.25) is 0 Å². The quantitative estimate of drug-likeness (QED) is 0.420. The van der Waals surface area contributed by atoms with Gasteiger partial charge in [-0.15, -0.1) is 0 Å². The number of nitrogens with one attached hydrogen (secondary N) is 1. The second-order valence-electron chi connectivity index (χ2n) is 8.20. The Kier molecular flexibility index (Phi) is 6.62. The van der Waals surface area contributed by atoms with Crippen LogP contribution in [0.1, 0.15) is 5.82 Å². The van der Waals surface area contributed by atoms with Gasteiger partial charge in [0.15, 0.2) is 0 Å². The number of nitrogens with zero attached hydrogens (tertiary/aromatic N) is 5. The summed E-state index contributed by atoms with van der Waals surface area (Å²) in [5.74, 6) is 2.40. The molecule has 8 nitrogen and oxygen atoms in total. The van der Waals surface area contributed by atoms with Gasteiger partial charge >= 0.3 is 0 Å². The van der Waals surface area contributed by atoms with E-state index in [1.165, 1.54) is 0 Å². The van der Waals surface area contributed by atoms with Crippen LogP contribution >= 0.6 is 11.6 Å². The number of rotatable bonds is 7. The number of ether oxygens (including phenoxy) is 2. The molecule has 176 valence electrons. The smallest absolute Gasteiger partial charge is 0.228 e. The van der Waals surface area contributed by atoms with Crippen molar-refractivity contribution in [3.8, 4) is 11.3 Å². The van der Waals surface area contributed by atoms with Gasteiger partial charge in [-0.05, 0) is 36.4 Å². The van der Waals surface area contributed by atoms with E-state index in [4.69, 9.17) is 36.0 Å². The van der Waals surface area contributed by atoms with Crippen molar-refractivity contribution < 1.29 is 9.47 Å². The van der Waals surface area contributed by atoms with Gasteiger partial charge < -0.3 is 24.3 Å². The fourth-order valence-electron chi connectivity index (χ4n) is 4.05. The first-order chi connectivity index (χ1) is 16.6. The van der Waals surface area contributed by atoms with Crippen LogP contribution in [-0.2, 0) is 22.9 Å². The maximum Gasteiger partial charge on any atom is 0.228 e. The van der Waals surface area contributed by atoms with Gasteiger partial charge in [0, 0.05) is 56.0 Å². The van der Waals surface area contributed by atoms with Crippen LogP contribution in [0.3, 0.4) is 0 Å². The Hall–Kier alpha value is -3.20. The highest BCUT2D eigenvalue weighted by atomic mass is 35.5. The summed E-state index contributed by atoms with van der Waals surface area (Å²) in [7, 11) is 3.74. The molecule has 0 amide bonds. The maximum absolute atomic E-state index is 6.05. The van der Waals surface area contributed by atoms with E-state index in [0.29, 0.717) is 30.8 Å². The van der Waals surface area contributed by atoms with Crippen molar-refractivity contribution in [2.45, 2.75) is 6.42 Å². The van der Waals surface area contributed by atoms with Gasteiger partial charge in [0.2, 0.25) is 5.95 Å². The number of hydrogen-bond donors (Lipinski definition) is 1. The number of hydrogen-bond acceptors (Lipinski definition) is 7. The minimum absolute atomic E-state index is 0.637. The topological polar surface area (TPSA) is 77.3 Å². The number of benzene rings is 2. The van der Waals surface area contributed by atoms with E-state index in [1.54, 1.807) is 7.11 Å². The molecular formula is C25H27ClN6O2. The van der Waals surface area contributed by atoms with Gasteiger partial charge in [0.05, 0.1) is 36.5 Å². The monoisotopic (exact) mass is 478 g/mol. The summed E-state index contributed by atoms with van der Waals surface area (Å²) in [6.45, 7) is 3.48. The summed E-state index contributed by atoms with van der Waals surface area (Å²) in [6.07, 6.45) is 0.765. The fraction of sp³-hybridized carbons (Fsp3) is 0.320. The molecule has 1 saturated heterocycles. The van der Waals surface area contributed by atoms with Crippen molar-refractivity contribution in [1.82, 2.24) is 19.5 Å². The standard InChI is InChI=1S/C25H27ClN6O2/c1-31-22-15-17(3-8-20(22)28-24(31)9-12-33-2)21-16-23(27-19-6-4-18(26)5-7-19)30-25(29-21)32-10-13-34-14-11-32/h3-8,15-16H,9-14H2,1-2H3,(H,27,29,30). The lowest BCUT2D eigenvalue weighted by Gasteiger charge is -2.27. The summed E-state index contributed by atoms with van der Waals surface area (Å²) in [5.41, 5.74) is 4.77. The van der Waals surface area contributed by atoms with E-state index < -0.39 is 0 Å². The first-order valence-corrected chi connectivity index (χ1v) is 11.7. The van der Waals surface area contributed by atoms with Crippen LogP contribution in [0.2, 0.25) is 5.02 Å². The third-order valence-corrected chi connectivity index (χ3v) is 6.18. The number of halogens is 1. The number of fused-ring (bicyclic) bond motifs is 1. The molecule has 1 N–H and O–H groups in total. The summed E-state index contributed by atoms with van der Waals surface area (Å²) in [5, 5.41) is 4.09. The zero-order valence-electron chi connectivity index (χ0n) is 19.3. The average Bonchev–Trinajstić information content (AvgIpc) is 3.19. The minimum Gasteiger partial charge on any atom is -0.384 e. The third-order valence-electron chi connectivity index (χ3n) is 5.92. The van der Waals surface area contributed by atoms with E-state index in [-0.39, 0.29) is 0 Å². The highest BCUT2D eigenvalue weighted by Crippen LogP contribution is 2.28. The van der Waals surface area contributed by atoms with Crippen LogP contribution in [0.15, 0.2) is 48.5 Å². The van der Waals surface area contributed by atoms with Crippen molar-refractivity contribution in [2.75, 3.05) is 50.2 Å². The Bertz CT molecular complexity index is 1280. The third kappa shape index (κ3) is 4.84. The van der Waals surface area contributed by atoms with Crippen molar-refractivity contribution in [3.63, 3.8) is 0 Å². The summed E-state index contributed by atoms with van der Waals surface area (Å²) in [4.78, 5) is 16.6.